The zero-order valence-corrected chi connectivity index (χ0v) is 14.0. The highest BCUT2D eigenvalue weighted by Crippen LogP contribution is 2.12. The summed E-state index contributed by atoms with van der Waals surface area (Å²) in [5.74, 6) is 0. The Balaban J connectivity index is 1.87. The van der Waals surface area contributed by atoms with Crippen LogP contribution in [0.5, 0.6) is 0 Å². The van der Waals surface area contributed by atoms with Crippen molar-refractivity contribution in [2.45, 2.75) is 0 Å². The second kappa shape index (κ2) is 8.03. The van der Waals surface area contributed by atoms with Crippen molar-refractivity contribution in [3.63, 3.8) is 0 Å². The van der Waals surface area contributed by atoms with Crippen molar-refractivity contribution in [3.8, 4) is 0 Å². The van der Waals surface area contributed by atoms with Gasteiger partial charge in [0.15, 0.2) is 0 Å². The molecular formula is C18H14Br2. The molecule has 0 fully saturated rings. The van der Waals surface area contributed by atoms with Gasteiger partial charge in [0.2, 0.25) is 0 Å². The third kappa shape index (κ3) is 5.32. The van der Waals surface area contributed by atoms with Crippen molar-refractivity contribution < 1.29 is 0 Å². The summed E-state index contributed by atoms with van der Waals surface area (Å²) in [6.45, 7) is 0. The third-order valence-electron chi connectivity index (χ3n) is 2.65. The smallest absolute Gasteiger partial charge is 0.0175 e. The van der Waals surface area contributed by atoms with Crippen molar-refractivity contribution in [2.75, 3.05) is 0 Å². The fourth-order valence-electron chi connectivity index (χ4n) is 1.61. The number of rotatable bonds is 4. The van der Waals surface area contributed by atoms with Gasteiger partial charge in [-0.05, 0) is 35.4 Å². The molecule has 0 aliphatic carbocycles. The van der Waals surface area contributed by atoms with Crippen LogP contribution in [0.3, 0.4) is 0 Å². The maximum absolute atomic E-state index is 3.42. The van der Waals surface area contributed by atoms with Crippen molar-refractivity contribution in [1.29, 1.82) is 0 Å². The van der Waals surface area contributed by atoms with E-state index in [0.29, 0.717) is 0 Å². The molecule has 0 unspecified atom stereocenters. The molecule has 0 aromatic heterocycles. The second-order valence-corrected chi connectivity index (χ2v) is 6.04. The lowest BCUT2D eigenvalue weighted by molar-refractivity contribution is 1.61. The van der Waals surface area contributed by atoms with Crippen LogP contribution in [-0.2, 0) is 0 Å². The van der Waals surface area contributed by atoms with Crippen molar-refractivity contribution in [3.05, 3.63) is 92.9 Å². The summed E-state index contributed by atoms with van der Waals surface area (Å²) in [4.78, 5) is 0. The third-order valence-corrected chi connectivity index (χ3v) is 3.71. The minimum absolute atomic E-state index is 1.10. The number of halogens is 2. The molecule has 0 atom stereocenters. The van der Waals surface area contributed by atoms with Crippen LogP contribution in [0, 0.1) is 0 Å². The predicted octanol–water partition coefficient (Wildman–Crippen LogP) is 6.49. The number of allylic oxidation sites excluding steroid dienone is 4. The van der Waals surface area contributed by atoms with Crippen molar-refractivity contribution in [1.82, 2.24) is 0 Å². The predicted molar refractivity (Wildman–Crippen MR) is 95.5 cm³/mol. The van der Waals surface area contributed by atoms with Crippen molar-refractivity contribution >= 4 is 44.0 Å². The first kappa shape index (κ1) is 15.0. The first-order chi connectivity index (χ1) is 9.74. The number of hydrogen-bond donors (Lipinski definition) is 0. The summed E-state index contributed by atoms with van der Waals surface area (Å²) in [5.41, 5.74) is 2.38. The van der Waals surface area contributed by atoms with Crippen LogP contribution < -0.4 is 0 Å². The molecule has 0 radical (unpaired) electrons. The van der Waals surface area contributed by atoms with Crippen LogP contribution in [0.25, 0.3) is 12.2 Å². The van der Waals surface area contributed by atoms with E-state index in [4.69, 9.17) is 0 Å². The molecular weight excluding hydrogens is 376 g/mol. The Morgan fingerprint density at radius 2 is 0.850 bits per heavy atom. The molecule has 0 N–H and O–H groups in total. The summed E-state index contributed by atoms with van der Waals surface area (Å²) >= 11 is 6.85. The molecule has 0 spiro atoms. The van der Waals surface area contributed by atoms with Crippen LogP contribution in [-0.4, -0.2) is 0 Å². The van der Waals surface area contributed by atoms with E-state index in [-0.39, 0.29) is 0 Å². The molecule has 0 aliphatic rings. The summed E-state index contributed by atoms with van der Waals surface area (Å²) < 4.78 is 2.20. The SMILES string of the molecule is Brc1ccc(C=CC=CC=Cc2ccc(Br)cc2)cc1. The van der Waals surface area contributed by atoms with Gasteiger partial charge in [0.25, 0.3) is 0 Å². The van der Waals surface area contributed by atoms with Gasteiger partial charge in [-0.2, -0.15) is 0 Å². The Morgan fingerprint density at radius 1 is 0.500 bits per heavy atom. The molecule has 2 aromatic carbocycles. The summed E-state index contributed by atoms with van der Waals surface area (Å²) in [7, 11) is 0. The monoisotopic (exact) mass is 388 g/mol. The van der Waals surface area contributed by atoms with Crippen LogP contribution in [0.4, 0.5) is 0 Å². The standard InChI is InChI=1S/C18H14Br2/c19-17-11-7-15(8-12-17)5-3-1-2-4-6-16-9-13-18(20)14-10-16/h1-14H. The van der Waals surface area contributed by atoms with E-state index in [1.54, 1.807) is 0 Å². The first-order valence-electron chi connectivity index (χ1n) is 6.26. The fraction of sp³-hybridized carbons (Fsp3) is 0. The summed E-state index contributed by atoms with van der Waals surface area (Å²) in [6.07, 6.45) is 12.3. The van der Waals surface area contributed by atoms with Gasteiger partial charge in [-0.1, -0.05) is 92.6 Å². The summed E-state index contributed by atoms with van der Waals surface area (Å²) in [5, 5.41) is 0. The second-order valence-electron chi connectivity index (χ2n) is 4.21. The normalized spacial score (nSPS) is 11.9. The van der Waals surface area contributed by atoms with E-state index < -0.39 is 0 Å². The van der Waals surface area contributed by atoms with Crippen LogP contribution >= 0.6 is 31.9 Å². The molecule has 2 rings (SSSR count). The Morgan fingerprint density at radius 3 is 1.20 bits per heavy atom. The molecule has 2 aromatic rings. The maximum atomic E-state index is 3.42. The van der Waals surface area contributed by atoms with E-state index in [9.17, 15) is 0 Å². The van der Waals surface area contributed by atoms with E-state index in [2.05, 4.69) is 68.3 Å². The van der Waals surface area contributed by atoms with Gasteiger partial charge in [0.05, 0.1) is 0 Å². The van der Waals surface area contributed by atoms with Crippen molar-refractivity contribution in [2.24, 2.45) is 0 Å². The zero-order chi connectivity index (χ0) is 14.2. The molecule has 0 bridgehead atoms. The topological polar surface area (TPSA) is 0 Å². The highest BCUT2D eigenvalue weighted by molar-refractivity contribution is 9.10. The molecule has 0 saturated heterocycles. The van der Waals surface area contributed by atoms with Crippen LogP contribution in [0.2, 0.25) is 0 Å². The first-order valence-corrected chi connectivity index (χ1v) is 7.85. The van der Waals surface area contributed by atoms with E-state index in [1.165, 1.54) is 11.1 Å². The maximum Gasteiger partial charge on any atom is 0.0175 e. The minimum Gasteiger partial charge on any atom is -0.0622 e. The average Bonchev–Trinajstić information content (AvgIpc) is 2.46. The molecule has 0 amide bonds. The molecule has 0 aliphatic heterocycles. The fourth-order valence-corrected chi connectivity index (χ4v) is 2.14. The lowest BCUT2D eigenvalue weighted by Crippen LogP contribution is -1.70. The van der Waals surface area contributed by atoms with E-state index in [0.717, 1.165) is 8.95 Å². The number of hydrogen-bond acceptors (Lipinski definition) is 0. The van der Waals surface area contributed by atoms with Gasteiger partial charge in [-0.3, -0.25) is 0 Å². The Bertz CT molecular complexity index is 560. The van der Waals surface area contributed by atoms with Gasteiger partial charge in [-0.25, -0.2) is 0 Å². The molecule has 20 heavy (non-hydrogen) atoms. The van der Waals surface area contributed by atoms with E-state index >= 15 is 0 Å². The quantitative estimate of drug-likeness (QED) is 0.524. The van der Waals surface area contributed by atoms with Gasteiger partial charge >= 0.3 is 0 Å². The Kier molecular flexibility index (Phi) is 6.03. The highest BCUT2D eigenvalue weighted by atomic mass is 79.9. The largest absolute Gasteiger partial charge is 0.0622 e. The average molecular weight is 390 g/mol. The zero-order valence-electron chi connectivity index (χ0n) is 10.8. The minimum atomic E-state index is 1.10. The van der Waals surface area contributed by atoms with Gasteiger partial charge in [-0.15, -0.1) is 0 Å². The molecule has 0 heterocycles. The number of benzene rings is 2. The van der Waals surface area contributed by atoms with Gasteiger partial charge < -0.3 is 0 Å². The van der Waals surface area contributed by atoms with Crippen LogP contribution in [0.15, 0.2) is 81.8 Å². The Labute approximate surface area is 136 Å². The van der Waals surface area contributed by atoms with Gasteiger partial charge in [0, 0.05) is 8.95 Å². The van der Waals surface area contributed by atoms with E-state index in [1.807, 2.05) is 48.6 Å². The highest BCUT2D eigenvalue weighted by Gasteiger charge is 1.86. The molecule has 0 saturated carbocycles. The summed E-state index contributed by atoms with van der Waals surface area (Å²) in [6, 6.07) is 16.5. The lowest BCUT2D eigenvalue weighted by atomic mass is 10.2. The molecule has 2 heteroatoms. The van der Waals surface area contributed by atoms with Gasteiger partial charge in [0.1, 0.15) is 0 Å². The van der Waals surface area contributed by atoms with Crippen LogP contribution in [0.1, 0.15) is 11.1 Å². The molecule has 0 nitrogen and oxygen atoms in total. The Hall–Kier alpha value is -1.38. The lowest BCUT2D eigenvalue weighted by Gasteiger charge is -1.92. The molecule has 100 valence electrons.